The Morgan fingerprint density at radius 3 is 2.65 bits per heavy atom. The van der Waals surface area contributed by atoms with Crippen molar-refractivity contribution in [3.05, 3.63) is 47.2 Å². The summed E-state index contributed by atoms with van der Waals surface area (Å²) in [6.45, 7) is 5.05. The van der Waals surface area contributed by atoms with Crippen molar-refractivity contribution >= 4 is 21.7 Å². The first-order valence-electron chi connectivity index (χ1n) is 7.05. The van der Waals surface area contributed by atoms with E-state index in [9.17, 15) is 13.2 Å². The van der Waals surface area contributed by atoms with E-state index in [0.717, 1.165) is 5.56 Å². The van der Waals surface area contributed by atoms with Crippen LogP contribution in [-0.2, 0) is 20.6 Å². The van der Waals surface area contributed by atoms with E-state index in [4.69, 9.17) is 4.52 Å². The summed E-state index contributed by atoms with van der Waals surface area (Å²) in [5.41, 5.74) is 1.64. The lowest BCUT2D eigenvalue weighted by Crippen LogP contribution is -2.42. The number of aryl methyl sites for hydroxylation is 2. The molecule has 2 rings (SSSR count). The molecule has 1 aromatic carbocycles. The van der Waals surface area contributed by atoms with E-state index >= 15 is 0 Å². The van der Waals surface area contributed by atoms with Gasteiger partial charge in [-0.2, -0.15) is 0 Å². The molecule has 0 aliphatic carbocycles. The summed E-state index contributed by atoms with van der Waals surface area (Å²) < 4.78 is 31.5. The second-order valence-electron chi connectivity index (χ2n) is 5.40. The minimum absolute atomic E-state index is 0.185. The highest BCUT2D eigenvalue weighted by molar-refractivity contribution is 7.88. The van der Waals surface area contributed by atoms with Gasteiger partial charge in [0.1, 0.15) is 5.76 Å². The normalized spacial score (nSPS) is 12.8. The zero-order valence-electron chi connectivity index (χ0n) is 13.2. The van der Waals surface area contributed by atoms with Crippen molar-refractivity contribution in [3.63, 3.8) is 0 Å². The second-order valence-corrected chi connectivity index (χ2v) is 7.15. The molecule has 0 unspecified atom stereocenters. The van der Waals surface area contributed by atoms with Crippen LogP contribution < -0.4 is 10.0 Å². The molecule has 7 nitrogen and oxygen atoms in total. The summed E-state index contributed by atoms with van der Waals surface area (Å²) in [6.07, 6.45) is 0. The monoisotopic (exact) mass is 337 g/mol. The number of amides is 1. The molecular formula is C15H19N3O4S. The molecule has 1 amide bonds. The van der Waals surface area contributed by atoms with Gasteiger partial charge in [0.05, 0.1) is 11.8 Å². The van der Waals surface area contributed by atoms with Gasteiger partial charge in [0.2, 0.25) is 15.9 Å². The van der Waals surface area contributed by atoms with Crippen molar-refractivity contribution in [2.45, 2.75) is 32.6 Å². The number of benzene rings is 1. The van der Waals surface area contributed by atoms with Crippen LogP contribution in [0.25, 0.3) is 0 Å². The molecule has 0 saturated heterocycles. The SMILES string of the molecule is Cc1cccc(CS(=O)(=O)N[C@@H](C)C(=O)Nc2cc(C)on2)c1. The minimum atomic E-state index is -3.64. The number of rotatable bonds is 6. The van der Waals surface area contributed by atoms with Gasteiger partial charge in [-0.1, -0.05) is 35.0 Å². The zero-order valence-corrected chi connectivity index (χ0v) is 14.0. The van der Waals surface area contributed by atoms with Gasteiger partial charge in [-0.25, -0.2) is 13.1 Å². The molecule has 0 aliphatic heterocycles. The Morgan fingerprint density at radius 2 is 2.04 bits per heavy atom. The molecule has 23 heavy (non-hydrogen) atoms. The summed E-state index contributed by atoms with van der Waals surface area (Å²) >= 11 is 0. The fourth-order valence-corrected chi connectivity index (χ4v) is 3.39. The number of hydrogen-bond donors (Lipinski definition) is 2. The molecule has 1 heterocycles. The number of nitrogens with zero attached hydrogens (tertiary/aromatic N) is 1. The van der Waals surface area contributed by atoms with Crippen molar-refractivity contribution in [2.24, 2.45) is 0 Å². The molecule has 0 saturated carbocycles. The number of anilines is 1. The third kappa shape index (κ3) is 5.19. The lowest BCUT2D eigenvalue weighted by molar-refractivity contribution is -0.117. The van der Waals surface area contributed by atoms with Crippen molar-refractivity contribution < 1.29 is 17.7 Å². The van der Waals surface area contributed by atoms with E-state index in [0.29, 0.717) is 11.3 Å². The smallest absolute Gasteiger partial charge is 0.243 e. The summed E-state index contributed by atoms with van der Waals surface area (Å²) in [4.78, 5) is 12.0. The van der Waals surface area contributed by atoms with Crippen LogP contribution in [0.1, 0.15) is 23.8 Å². The van der Waals surface area contributed by atoms with Gasteiger partial charge in [0.25, 0.3) is 0 Å². The molecular weight excluding hydrogens is 318 g/mol. The first-order chi connectivity index (χ1) is 10.7. The lowest BCUT2D eigenvalue weighted by atomic mass is 10.2. The predicted molar refractivity (Wildman–Crippen MR) is 86.3 cm³/mol. The molecule has 1 aromatic heterocycles. The number of nitrogens with one attached hydrogen (secondary N) is 2. The van der Waals surface area contributed by atoms with Crippen LogP contribution in [0.4, 0.5) is 5.82 Å². The van der Waals surface area contributed by atoms with Crippen LogP contribution in [0.5, 0.6) is 0 Å². The highest BCUT2D eigenvalue weighted by Gasteiger charge is 2.21. The van der Waals surface area contributed by atoms with Crippen molar-refractivity contribution in [3.8, 4) is 0 Å². The van der Waals surface area contributed by atoms with Crippen LogP contribution in [0.3, 0.4) is 0 Å². The summed E-state index contributed by atoms with van der Waals surface area (Å²) in [5.74, 6) is 0.103. The number of sulfonamides is 1. The Kier molecular flexibility index (Phi) is 5.17. The molecule has 0 aliphatic rings. The highest BCUT2D eigenvalue weighted by Crippen LogP contribution is 2.10. The fourth-order valence-electron chi connectivity index (χ4n) is 2.05. The van der Waals surface area contributed by atoms with Crippen LogP contribution in [0.15, 0.2) is 34.9 Å². The van der Waals surface area contributed by atoms with Gasteiger partial charge >= 0.3 is 0 Å². The average Bonchev–Trinajstić information content (AvgIpc) is 2.82. The first kappa shape index (κ1) is 17.2. The second kappa shape index (κ2) is 6.93. The number of aromatic nitrogens is 1. The average molecular weight is 337 g/mol. The third-order valence-corrected chi connectivity index (χ3v) is 4.49. The zero-order chi connectivity index (χ0) is 17.0. The van der Waals surface area contributed by atoms with Gasteiger partial charge in [0, 0.05) is 6.07 Å². The molecule has 2 N–H and O–H groups in total. The van der Waals surface area contributed by atoms with Crippen LogP contribution in [0.2, 0.25) is 0 Å². The number of carbonyl (C=O) groups is 1. The van der Waals surface area contributed by atoms with Crippen LogP contribution in [0, 0.1) is 13.8 Å². The topological polar surface area (TPSA) is 101 Å². The molecule has 8 heteroatoms. The first-order valence-corrected chi connectivity index (χ1v) is 8.70. The summed E-state index contributed by atoms with van der Waals surface area (Å²) in [6, 6.07) is 7.83. The molecule has 124 valence electrons. The summed E-state index contributed by atoms with van der Waals surface area (Å²) in [5, 5.41) is 6.12. The van der Waals surface area contributed by atoms with Crippen molar-refractivity contribution in [2.75, 3.05) is 5.32 Å². The Balaban J connectivity index is 1.97. The Bertz CT molecular complexity index is 799. The molecule has 0 fully saturated rings. The maximum absolute atomic E-state index is 12.2. The minimum Gasteiger partial charge on any atom is -0.360 e. The Morgan fingerprint density at radius 1 is 1.30 bits per heavy atom. The van der Waals surface area contributed by atoms with E-state index < -0.39 is 22.0 Å². The van der Waals surface area contributed by atoms with Gasteiger partial charge in [-0.15, -0.1) is 0 Å². The van der Waals surface area contributed by atoms with Crippen molar-refractivity contribution in [1.29, 1.82) is 0 Å². The van der Waals surface area contributed by atoms with E-state index in [-0.39, 0.29) is 11.6 Å². The van der Waals surface area contributed by atoms with Gasteiger partial charge in [-0.3, -0.25) is 4.79 Å². The van der Waals surface area contributed by atoms with E-state index in [1.165, 1.54) is 6.92 Å². The van der Waals surface area contributed by atoms with E-state index in [1.54, 1.807) is 31.2 Å². The molecule has 0 bridgehead atoms. The fraction of sp³-hybridized carbons (Fsp3) is 0.333. The van der Waals surface area contributed by atoms with Gasteiger partial charge < -0.3 is 9.84 Å². The quantitative estimate of drug-likeness (QED) is 0.836. The number of hydrogen-bond acceptors (Lipinski definition) is 5. The Labute approximate surface area is 135 Å². The van der Waals surface area contributed by atoms with Gasteiger partial charge in [0.15, 0.2) is 5.82 Å². The molecule has 2 aromatic rings. The van der Waals surface area contributed by atoms with Crippen LogP contribution >= 0.6 is 0 Å². The maximum atomic E-state index is 12.2. The molecule has 0 spiro atoms. The van der Waals surface area contributed by atoms with Gasteiger partial charge in [-0.05, 0) is 26.3 Å². The highest BCUT2D eigenvalue weighted by atomic mass is 32.2. The van der Waals surface area contributed by atoms with E-state index in [1.807, 2.05) is 13.0 Å². The standard InChI is InChI=1S/C15H19N3O4S/c1-10-5-4-6-13(7-10)9-23(20,21)18-12(3)15(19)16-14-8-11(2)22-17-14/h4-8,12,18H,9H2,1-3H3,(H,16,17,19)/t12-/m0/s1. The number of carbonyl (C=O) groups excluding carboxylic acids is 1. The van der Waals surface area contributed by atoms with E-state index in [2.05, 4.69) is 15.2 Å². The Hall–Kier alpha value is -2.19. The molecule has 0 radical (unpaired) electrons. The predicted octanol–water partition coefficient (Wildman–Crippen LogP) is 1.74. The van der Waals surface area contributed by atoms with Crippen molar-refractivity contribution in [1.82, 2.24) is 9.88 Å². The largest absolute Gasteiger partial charge is 0.360 e. The van der Waals surface area contributed by atoms with Crippen LogP contribution in [-0.4, -0.2) is 25.5 Å². The molecule has 1 atom stereocenters. The lowest BCUT2D eigenvalue weighted by Gasteiger charge is -2.13. The third-order valence-electron chi connectivity index (χ3n) is 3.07. The maximum Gasteiger partial charge on any atom is 0.243 e. The summed E-state index contributed by atoms with van der Waals surface area (Å²) in [7, 11) is -3.64.